The van der Waals surface area contributed by atoms with E-state index in [0.717, 1.165) is 39.4 Å². The maximum Gasteiger partial charge on any atom is 0.244 e. The van der Waals surface area contributed by atoms with Crippen LogP contribution in [0.5, 0.6) is 0 Å². The van der Waals surface area contributed by atoms with Crippen LogP contribution in [0.3, 0.4) is 0 Å². The lowest BCUT2D eigenvalue weighted by Gasteiger charge is -2.33. The van der Waals surface area contributed by atoms with Crippen LogP contribution in [0.1, 0.15) is 30.5 Å². The van der Waals surface area contributed by atoms with Gasteiger partial charge in [0.1, 0.15) is 18.4 Å². The van der Waals surface area contributed by atoms with Gasteiger partial charge < -0.3 is 10.2 Å². The molecule has 0 saturated carbocycles. The van der Waals surface area contributed by atoms with Gasteiger partial charge in [-0.1, -0.05) is 85.6 Å². The smallest absolute Gasteiger partial charge is 0.244 e. The monoisotopic (exact) mass is 587 g/mol. The molecule has 40 heavy (non-hydrogen) atoms. The van der Waals surface area contributed by atoms with Crippen LogP contribution in [-0.4, -0.2) is 50.5 Å². The van der Waals surface area contributed by atoms with Crippen LogP contribution in [0.15, 0.2) is 72.8 Å². The van der Waals surface area contributed by atoms with Crippen LogP contribution in [-0.2, 0) is 32.6 Å². The molecule has 1 atom stereocenters. The molecule has 0 spiro atoms. The van der Waals surface area contributed by atoms with E-state index in [1.807, 2.05) is 75.4 Å². The summed E-state index contributed by atoms with van der Waals surface area (Å²) in [4.78, 5) is 29.0. The van der Waals surface area contributed by atoms with E-state index < -0.39 is 34.3 Å². The fraction of sp³-hybridized carbons (Fsp3) is 0.333. The van der Waals surface area contributed by atoms with Gasteiger partial charge in [-0.25, -0.2) is 12.8 Å². The summed E-state index contributed by atoms with van der Waals surface area (Å²) in [6.07, 6.45) is 1.18. The fourth-order valence-electron chi connectivity index (χ4n) is 4.24. The summed E-state index contributed by atoms with van der Waals surface area (Å²) in [5.41, 5.74) is 2.66. The largest absolute Gasteiger partial charge is 0.354 e. The summed E-state index contributed by atoms with van der Waals surface area (Å²) in [5, 5.41) is 2.67. The van der Waals surface area contributed by atoms with E-state index in [9.17, 15) is 22.4 Å². The van der Waals surface area contributed by atoms with Crippen LogP contribution in [0.25, 0.3) is 0 Å². The Hall–Kier alpha value is -3.43. The molecular formula is C30H35ClFN3O4S. The lowest BCUT2D eigenvalue weighted by atomic mass is 10.0. The Balaban J connectivity index is 2.06. The third-order valence-electron chi connectivity index (χ3n) is 6.26. The van der Waals surface area contributed by atoms with Gasteiger partial charge >= 0.3 is 0 Å². The zero-order valence-electron chi connectivity index (χ0n) is 23.1. The lowest BCUT2D eigenvalue weighted by molar-refractivity contribution is -0.140. The quantitative estimate of drug-likeness (QED) is 0.324. The first-order valence-electron chi connectivity index (χ1n) is 12.9. The minimum absolute atomic E-state index is 0.0432. The molecular weight excluding hydrogens is 553 g/mol. The summed E-state index contributed by atoms with van der Waals surface area (Å²) in [6, 6.07) is 19.4. The summed E-state index contributed by atoms with van der Waals surface area (Å²) in [5.74, 6) is -1.45. The first kappa shape index (κ1) is 31.1. The molecule has 2 amide bonds. The fourth-order valence-corrected chi connectivity index (χ4v) is 5.25. The second-order valence-electron chi connectivity index (χ2n) is 10.2. The van der Waals surface area contributed by atoms with E-state index in [1.54, 1.807) is 0 Å². The molecule has 0 unspecified atom stereocenters. The number of nitrogens with one attached hydrogen (secondary N) is 1. The number of sulfonamides is 1. The van der Waals surface area contributed by atoms with Crippen molar-refractivity contribution in [3.63, 3.8) is 0 Å². The highest BCUT2D eigenvalue weighted by atomic mass is 35.5. The van der Waals surface area contributed by atoms with Crippen LogP contribution in [0, 0.1) is 18.7 Å². The molecule has 1 N–H and O–H groups in total. The number of nitrogens with zero attached hydrogens (tertiary/aromatic N) is 2. The SMILES string of the molecule is Cc1cccc(CN(C(=O)CN(c2ccc(F)c(Cl)c2)S(C)(=O)=O)[C@H](Cc2ccccc2)C(=O)NCC(C)C)c1. The third kappa shape index (κ3) is 8.79. The molecule has 3 aromatic rings. The zero-order chi connectivity index (χ0) is 29.4. The Morgan fingerprint density at radius 2 is 1.65 bits per heavy atom. The molecule has 0 aliphatic heterocycles. The Kier molecular flexibility index (Phi) is 10.7. The Bertz CT molecular complexity index is 1430. The highest BCUT2D eigenvalue weighted by Gasteiger charge is 2.33. The Labute approximate surface area is 241 Å². The van der Waals surface area contributed by atoms with E-state index >= 15 is 0 Å². The topological polar surface area (TPSA) is 86.8 Å². The van der Waals surface area contributed by atoms with Gasteiger partial charge in [0.2, 0.25) is 21.8 Å². The molecule has 3 aromatic carbocycles. The minimum Gasteiger partial charge on any atom is -0.354 e. The molecule has 0 aliphatic carbocycles. The third-order valence-corrected chi connectivity index (χ3v) is 7.69. The van der Waals surface area contributed by atoms with E-state index in [0.29, 0.717) is 6.54 Å². The average molecular weight is 588 g/mol. The van der Waals surface area contributed by atoms with Crippen LogP contribution in [0.4, 0.5) is 10.1 Å². The van der Waals surface area contributed by atoms with Crippen molar-refractivity contribution < 1.29 is 22.4 Å². The first-order valence-corrected chi connectivity index (χ1v) is 15.2. The second-order valence-corrected chi connectivity index (χ2v) is 12.5. The average Bonchev–Trinajstić information content (AvgIpc) is 2.89. The first-order chi connectivity index (χ1) is 18.8. The second kappa shape index (κ2) is 13.8. The molecule has 10 heteroatoms. The molecule has 0 aromatic heterocycles. The summed E-state index contributed by atoms with van der Waals surface area (Å²) >= 11 is 5.93. The van der Waals surface area contributed by atoms with E-state index in [-0.39, 0.29) is 35.5 Å². The minimum atomic E-state index is -3.98. The van der Waals surface area contributed by atoms with Crippen LogP contribution < -0.4 is 9.62 Å². The number of hydrogen-bond donors (Lipinski definition) is 1. The predicted octanol–water partition coefficient (Wildman–Crippen LogP) is 4.97. The van der Waals surface area contributed by atoms with Gasteiger partial charge in [-0.2, -0.15) is 0 Å². The van der Waals surface area contributed by atoms with E-state index in [4.69, 9.17) is 11.6 Å². The standard InChI is InChI=1S/C30H35ClFN3O4S/c1-21(2)18-33-30(37)28(16-23-10-6-5-7-11-23)34(19-24-12-8-9-22(3)15-24)29(36)20-35(40(4,38)39)25-13-14-27(32)26(31)17-25/h5-15,17,21,28H,16,18-20H2,1-4H3,(H,33,37)/t28-/m1/s1. The summed E-state index contributed by atoms with van der Waals surface area (Å²) in [6.45, 7) is 5.76. The molecule has 214 valence electrons. The van der Waals surface area contributed by atoms with Crippen molar-refractivity contribution in [2.24, 2.45) is 5.92 Å². The van der Waals surface area contributed by atoms with Crippen molar-refractivity contribution in [2.75, 3.05) is 23.7 Å². The maximum atomic E-state index is 14.0. The highest BCUT2D eigenvalue weighted by Crippen LogP contribution is 2.25. The number of benzene rings is 3. The summed E-state index contributed by atoms with van der Waals surface area (Å²) < 4.78 is 40.3. The van der Waals surface area contributed by atoms with Crippen molar-refractivity contribution in [2.45, 2.75) is 39.8 Å². The van der Waals surface area contributed by atoms with Gasteiger partial charge in [0.05, 0.1) is 17.0 Å². The summed E-state index contributed by atoms with van der Waals surface area (Å²) in [7, 11) is -3.98. The number of anilines is 1. The molecule has 7 nitrogen and oxygen atoms in total. The van der Waals surface area contributed by atoms with Gasteiger partial charge in [-0.05, 0) is 42.2 Å². The number of carbonyl (C=O) groups is 2. The Morgan fingerprint density at radius 3 is 2.25 bits per heavy atom. The van der Waals surface area contributed by atoms with Gasteiger partial charge in [-0.3, -0.25) is 13.9 Å². The predicted molar refractivity (Wildman–Crippen MR) is 157 cm³/mol. The van der Waals surface area contributed by atoms with Gasteiger partial charge in [0, 0.05) is 19.5 Å². The van der Waals surface area contributed by atoms with Gasteiger partial charge in [0.25, 0.3) is 0 Å². The number of rotatable bonds is 12. The van der Waals surface area contributed by atoms with Gasteiger partial charge in [0.15, 0.2) is 0 Å². The van der Waals surface area contributed by atoms with Crippen LogP contribution in [0.2, 0.25) is 5.02 Å². The Morgan fingerprint density at radius 1 is 0.975 bits per heavy atom. The molecule has 0 bridgehead atoms. The number of carbonyl (C=O) groups excluding carboxylic acids is 2. The molecule has 0 fully saturated rings. The molecule has 0 heterocycles. The molecule has 0 radical (unpaired) electrons. The number of aryl methyl sites for hydroxylation is 1. The van der Waals surface area contributed by atoms with Crippen LogP contribution >= 0.6 is 11.6 Å². The van der Waals surface area contributed by atoms with Gasteiger partial charge in [-0.15, -0.1) is 0 Å². The van der Waals surface area contributed by atoms with Crippen molar-refractivity contribution in [1.82, 2.24) is 10.2 Å². The zero-order valence-corrected chi connectivity index (χ0v) is 24.7. The molecule has 0 saturated heterocycles. The highest BCUT2D eigenvalue weighted by molar-refractivity contribution is 7.92. The van der Waals surface area contributed by atoms with Crippen molar-refractivity contribution in [3.05, 3.63) is 100 Å². The lowest BCUT2D eigenvalue weighted by Crippen LogP contribution is -2.53. The van der Waals surface area contributed by atoms with E-state index in [1.165, 1.54) is 11.0 Å². The normalized spacial score (nSPS) is 12.2. The van der Waals surface area contributed by atoms with Crippen molar-refractivity contribution in [3.8, 4) is 0 Å². The van der Waals surface area contributed by atoms with Crippen molar-refractivity contribution >= 4 is 39.1 Å². The number of amides is 2. The van der Waals surface area contributed by atoms with Crippen molar-refractivity contribution in [1.29, 1.82) is 0 Å². The molecule has 3 rings (SSSR count). The maximum absolute atomic E-state index is 14.0. The number of hydrogen-bond acceptors (Lipinski definition) is 4. The number of halogens is 2. The van der Waals surface area contributed by atoms with E-state index in [2.05, 4.69) is 5.32 Å². The molecule has 0 aliphatic rings.